The second-order valence-corrected chi connectivity index (χ2v) is 7.15. The van der Waals surface area contributed by atoms with Crippen molar-refractivity contribution in [1.29, 1.82) is 0 Å². The summed E-state index contributed by atoms with van der Waals surface area (Å²) in [7, 11) is 0. The van der Waals surface area contributed by atoms with Gasteiger partial charge in [-0.2, -0.15) is 0 Å². The molecule has 2 atom stereocenters. The molecule has 2 aliphatic rings. The minimum Gasteiger partial charge on any atom is -0.493 e. The van der Waals surface area contributed by atoms with Gasteiger partial charge in [0.2, 0.25) is 5.88 Å². The summed E-state index contributed by atoms with van der Waals surface area (Å²) in [6, 6.07) is 17.6. The van der Waals surface area contributed by atoms with Gasteiger partial charge in [-0.25, -0.2) is 9.98 Å². The van der Waals surface area contributed by atoms with Crippen LogP contribution in [-0.4, -0.2) is 27.8 Å². The summed E-state index contributed by atoms with van der Waals surface area (Å²) in [5.74, 6) is 0.350. The number of fused-ring (bicyclic) bond motifs is 2. The zero-order chi connectivity index (χ0) is 19.8. The van der Waals surface area contributed by atoms with Crippen molar-refractivity contribution in [3.8, 4) is 5.88 Å². The average molecular weight is 381 g/mol. The highest BCUT2D eigenvalue weighted by atomic mass is 16.3. The van der Waals surface area contributed by atoms with Gasteiger partial charge in [0.25, 0.3) is 5.96 Å². The van der Waals surface area contributed by atoms with Crippen LogP contribution in [0.1, 0.15) is 12.5 Å². The van der Waals surface area contributed by atoms with Crippen LogP contribution in [0.3, 0.4) is 0 Å². The minimum atomic E-state index is -0.0723. The normalized spacial score (nSPS) is 21.1. The van der Waals surface area contributed by atoms with Crippen molar-refractivity contribution < 1.29 is 5.11 Å². The van der Waals surface area contributed by atoms with Crippen LogP contribution in [0, 0.1) is 5.92 Å². The number of nitrogens with one attached hydrogen (secondary N) is 1. The molecule has 0 radical (unpaired) electrons. The zero-order valence-electron chi connectivity index (χ0n) is 15.8. The summed E-state index contributed by atoms with van der Waals surface area (Å²) in [6.07, 6.45) is 6.34. The number of rotatable bonds is 2. The molecule has 0 bridgehead atoms. The summed E-state index contributed by atoms with van der Waals surface area (Å²) in [5, 5.41) is 19.5. The van der Waals surface area contributed by atoms with Crippen LogP contribution in [0.2, 0.25) is 0 Å². The molecule has 6 heteroatoms. The van der Waals surface area contributed by atoms with Crippen LogP contribution >= 0.6 is 0 Å². The monoisotopic (exact) mass is 381 g/mol. The molecule has 2 N–H and O–H groups in total. The lowest BCUT2D eigenvalue weighted by molar-refractivity contribution is 0.459. The molecule has 0 spiro atoms. The number of benzene rings is 2. The van der Waals surface area contributed by atoms with Crippen molar-refractivity contribution in [2.45, 2.75) is 13.0 Å². The van der Waals surface area contributed by atoms with Gasteiger partial charge in [0.1, 0.15) is 0 Å². The number of para-hydroxylation sites is 1. The number of aromatic hydroxyl groups is 1. The number of azo groups is 1. The van der Waals surface area contributed by atoms with E-state index >= 15 is 0 Å². The first-order chi connectivity index (χ1) is 14.2. The predicted octanol–water partition coefficient (Wildman–Crippen LogP) is 5.32. The minimum absolute atomic E-state index is 0.0207. The third-order valence-electron chi connectivity index (χ3n) is 5.14. The summed E-state index contributed by atoms with van der Waals surface area (Å²) < 4.78 is 0. The van der Waals surface area contributed by atoms with E-state index in [0.717, 1.165) is 22.2 Å². The Morgan fingerprint density at radius 2 is 1.79 bits per heavy atom. The van der Waals surface area contributed by atoms with Gasteiger partial charge >= 0.3 is 0 Å². The van der Waals surface area contributed by atoms with Gasteiger partial charge in [-0.15, -0.1) is 10.2 Å². The largest absolute Gasteiger partial charge is 0.493 e. The number of H-pyrrole nitrogens is 1. The van der Waals surface area contributed by atoms with Crippen LogP contribution < -0.4 is 0 Å². The molecule has 0 saturated carbocycles. The van der Waals surface area contributed by atoms with E-state index < -0.39 is 0 Å². The lowest BCUT2D eigenvalue weighted by atomic mass is 9.84. The molecule has 3 aromatic rings. The molecular formula is C23H19N5O. The Hall–Kier alpha value is -3.80. The van der Waals surface area contributed by atoms with E-state index in [9.17, 15) is 5.11 Å². The molecule has 29 heavy (non-hydrogen) atoms. The Labute approximate surface area is 167 Å². The molecule has 2 aromatic carbocycles. The molecule has 142 valence electrons. The summed E-state index contributed by atoms with van der Waals surface area (Å²) >= 11 is 0. The first kappa shape index (κ1) is 17.3. The molecule has 0 fully saturated rings. The Bertz CT molecular complexity index is 1230. The van der Waals surface area contributed by atoms with Crippen LogP contribution in [0.5, 0.6) is 5.88 Å². The number of hydrogen-bond acceptors (Lipinski definition) is 5. The molecule has 0 unspecified atom stereocenters. The molecule has 6 nitrogen and oxygen atoms in total. The van der Waals surface area contributed by atoms with E-state index in [1.54, 1.807) is 0 Å². The number of guanidine groups is 1. The summed E-state index contributed by atoms with van der Waals surface area (Å²) in [5.41, 5.74) is 4.34. The number of hydrogen-bond donors (Lipinski definition) is 2. The van der Waals surface area contributed by atoms with E-state index in [0.29, 0.717) is 11.6 Å². The average Bonchev–Trinajstić information content (AvgIpc) is 3.07. The third kappa shape index (κ3) is 3.18. The molecule has 0 saturated heterocycles. The maximum Gasteiger partial charge on any atom is 0.265 e. The first-order valence-corrected chi connectivity index (χ1v) is 9.49. The van der Waals surface area contributed by atoms with E-state index in [1.165, 1.54) is 5.57 Å². The molecule has 5 rings (SSSR count). The van der Waals surface area contributed by atoms with Crippen LogP contribution in [-0.2, 0) is 0 Å². The Morgan fingerprint density at radius 3 is 2.66 bits per heavy atom. The maximum absolute atomic E-state index is 10.2. The SMILES string of the molecule is CC1=C[C@H]2C(c3ccccc3)=NC(N=Nc3c(O)[nH]c4ccccc34)=N[C@@H]2C=C1. The van der Waals surface area contributed by atoms with Gasteiger partial charge < -0.3 is 10.1 Å². The number of nitrogens with zero attached hydrogens (tertiary/aromatic N) is 4. The van der Waals surface area contributed by atoms with E-state index in [-0.39, 0.29) is 17.8 Å². The van der Waals surface area contributed by atoms with Gasteiger partial charge in [-0.05, 0) is 18.6 Å². The highest BCUT2D eigenvalue weighted by Crippen LogP contribution is 2.35. The van der Waals surface area contributed by atoms with Crippen LogP contribution in [0.25, 0.3) is 10.9 Å². The van der Waals surface area contributed by atoms with Gasteiger partial charge in [0, 0.05) is 11.3 Å². The smallest absolute Gasteiger partial charge is 0.265 e. The Morgan fingerprint density at radius 1 is 1.00 bits per heavy atom. The van der Waals surface area contributed by atoms with Gasteiger partial charge in [-0.1, -0.05) is 72.3 Å². The van der Waals surface area contributed by atoms with Crippen LogP contribution in [0.4, 0.5) is 5.69 Å². The van der Waals surface area contributed by atoms with Gasteiger partial charge in [0.05, 0.1) is 17.3 Å². The quantitative estimate of drug-likeness (QED) is 0.579. The lowest BCUT2D eigenvalue weighted by Crippen LogP contribution is -2.31. The van der Waals surface area contributed by atoms with E-state index in [4.69, 9.17) is 4.99 Å². The van der Waals surface area contributed by atoms with Gasteiger partial charge in [-0.3, -0.25) is 0 Å². The highest BCUT2D eigenvalue weighted by molar-refractivity contribution is 6.11. The molecule has 1 aliphatic carbocycles. The van der Waals surface area contributed by atoms with E-state index in [2.05, 4.69) is 45.4 Å². The summed E-state index contributed by atoms with van der Waals surface area (Å²) in [6.45, 7) is 2.08. The summed E-state index contributed by atoms with van der Waals surface area (Å²) in [4.78, 5) is 12.3. The predicted molar refractivity (Wildman–Crippen MR) is 115 cm³/mol. The first-order valence-electron chi connectivity index (χ1n) is 9.49. The van der Waals surface area contributed by atoms with Crippen molar-refractivity contribution in [3.63, 3.8) is 0 Å². The van der Waals surface area contributed by atoms with E-state index in [1.807, 2.05) is 54.6 Å². The third-order valence-corrected chi connectivity index (χ3v) is 5.14. The number of aromatic amines is 1. The zero-order valence-corrected chi connectivity index (χ0v) is 15.8. The molecule has 2 heterocycles. The Kier molecular flexibility index (Phi) is 4.17. The van der Waals surface area contributed by atoms with Crippen molar-refractivity contribution in [2.24, 2.45) is 26.1 Å². The highest BCUT2D eigenvalue weighted by Gasteiger charge is 2.30. The fraction of sp³-hybridized carbons (Fsp3) is 0.130. The van der Waals surface area contributed by atoms with Crippen molar-refractivity contribution in [3.05, 3.63) is 84.0 Å². The molecular weight excluding hydrogens is 362 g/mol. The lowest BCUT2D eigenvalue weighted by Gasteiger charge is -2.27. The fourth-order valence-electron chi connectivity index (χ4n) is 3.74. The molecule has 0 amide bonds. The Balaban J connectivity index is 1.56. The second kappa shape index (κ2) is 6.98. The van der Waals surface area contributed by atoms with Crippen molar-refractivity contribution in [2.75, 3.05) is 0 Å². The number of allylic oxidation sites excluding steroid dienone is 2. The number of aliphatic imine (C=N–C) groups is 2. The van der Waals surface area contributed by atoms with Crippen LogP contribution in [0.15, 0.2) is 98.6 Å². The van der Waals surface area contributed by atoms with Crippen molar-refractivity contribution in [1.82, 2.24) is 4.98 Å². The number of aromatic nitrogens is 1. The second-order valence-electron chi connectivity index (χ2n) is 7.15. The standard InChI is InChI=1S/C23H19N5O/c1-14-11-12-19-17(13-14)20(15-7-3-2-4-8-15)26-23(25-19)28-27-21-16-9-5-6-10-18(16)24-22(21)29/h2-13,17,19,24,29H,1H3/t17-,19-/m1/s1. The van der Waals surface area contributed by atoms with Crippen molar-refractivity contribution >= 4 is 28.3 Å². The molecule has 1 aliphatic heterocycles. The maximum atomic E-state index is 10.2. The van der Waals surface area contributed by atoms with Gasteiger partial charge in [0.15, 0.2) is 5.69 Å². The fourth-order valence-corrected chi connectivity index (χ4v) is 3.74. The topological polar surface area (TPSA) is 85.5 Å². The molecule has 1 aromatic heterocycles.